The predicted molar refractivity (Wildman–Crippen MR) is 138 cm³/mol. The first-order valence-electron chi connectivity index (χ1n) is 12.7. The van der Waals surface area contributed by atoms with Crippen molar-refractivity contribution in [3.05, 3.63) is 47.9 Å². The van der Waals surface area contributed by atoms with E-state index in [1.54, 1.807) is 30.3 Å². The lowest BCUT2D eigenvalue weighted by molar-refractivity contribution is -0.141. The molecule has 0 fully saturated rings. The smallest absolute Gasteiger partial charge is 0.242 e. The molecule has 0 radical (unpaired) electrons. The number of hydrogen-bond acceptors (Lipinski definition) is 5. The van der Waals surface area contributed by atoms with Crippen LogP contribution in [0.3, 0.4) is 0 Å². The van der Waals surface area contributed by atoms with E-state index in [2.05, 4.69) is 20.8 Å². The zero-order valence-electron chi connectivity index (χ0n) is 22.0. The second kappa shape index (κ2) is 15.1. The quantitative estimate of drug-likeness (QED) is 0.300. The highest BCUT2D eigenvalue weighted by molar-refractivity contribution is 5.84. The molecular weight excluding hydrogens is 444 g/mol. The molecule has 0 N–H and O–H groups in total. The number of hydrogen-bond donors (Lipinski definition) is 0. The Bertz CT molecular complexity index is 895. The lowest BCUT2D eigenvalue weighted by Crippen LogP contribution is -2.44. The predicted octanol–water partition coefficient (Wildman–Crippen LogP) is 5.32. The van der Waals surface area contributed by atoms with Crippen molar-refractivity contribution in [2.24, 2.45) is 5.92 Å². The van der Waals surface area contributed by atoms with Crippen LogP contribution in [0.1, 0.15) is 64.2 Å². The minimum Gasteiger partial charge on any atom is -0.493 e. The van der Waals surface area contributed by atoms with Gasteiger partial charge in [-0.1, -0.05) is 46.1 Å². The molecule has 0 bridgehead atoms. The molecule has 1 heterocycles. The van der Waals surface area contributed by atoms with Gasteiger partial charge in [0.2, 0.25) is 11.8 Å². The van der Waals surface area contributed by atoms with Gasteiger partial charge in [0.1, 0.15) is 5.76 Å². The topological polar surface area (TPSA) is 72.2 Å². The van der Waals surface area contributed by atoms with Crippen LogP contribution in [0.5, 0.6) is 11.5 Å². The minimum atomic E-state index is -0.0792. The van der Waals surface area contributed by atoms with E-state index >= 15 is 0 Å². The van der Waals surface area contributed by atoms with E-state index in [-0.39, 0.29) is 24.3 Å². The molecule has 2 rings (SSSR count). The maximum atomic E-state index is 13.4. The zero-order valence-corrected chi connectivity index (χ0v) is 22.0. The average Bonchev–Trinajstić information content (AvgIpc) is 3.36. The molecule has 0 spiro atoms. The van der Waals surface area contributed by atoms with Crippen LogP contribution in [0.25, 0.3) is 0 Å². The first-order chi connectivity index (χ1) is 16.9. The molecule has 0 unspecified atom stereocenters. The van der Waals surface area contributed by atoms with Crippen molar-refractivity contribution in [2.45, 2.75) is 65.8 Å². The Hall–Kier alpha value is -2.96. The highest BCUT2D eigenvalue weighted by Gasteiger charge is 2.23. The average molecular weight is 487 g/mol. The molecule has 0 aliphatic carbocycles. The molecule has 2 amide bonds. The fourth-order valence-electron chi connectivity index (χ4n) is 4.00. The summed E-state index contributed by atoms with van der Waals surface area (Å²) in [5, 5.41) is 0. The van der Waals surface area contributed by atoms with Crippen LogP contribution < -0.4 is 9.47 Å². The van der Waals surface area contributed by atoms with Gasteiger partial charge in [-0.05, 0) is 48.6 Å². The lowest BCUT2D eigenvalue weighted by atomic mass is 10.1. The maximum absolute atomic E-state index is 13.4. The Morgan fingerprint density at radius 3 is 2.37 bits per heavy atom. The summed E-state index contributed by atoms with van der Waals surface area (Å²) in [5.74, 6) is 2.30. The monoisotopic (exact) mass is 486 g/mol. The molecule has 0 aliphatic rings. The summed E-state index contributed by atoms with van der Waals surface area (Å²) in [6.07, 6.45) is 6.91. The molecule has 35 heavy (non-hydrogen) atoms. The number of furan rings is 1. The van der Waals surface area contributed by atoms with E-state index in [0.29, 0.717) is 49.7 Å². The van der Waals surface area contributed by atoms with Crippen molar-refractivity contribution >= 4 is 11.8 Å². The van der Waals surface area contributed by atoms with E-state index in [0.717, 1.165) is 31.2 Å². The SMILES string of the molecule is CCCCCCC(=O)N(CC(=O)N(CCc1ccc(OC)c(OC)c1)Cc1ccco1)CC(C)C. The summed E-state index contributed by atoms with van der Waals surface area (Å²) in [4.78, 5) is 29.9. The molecule has 0 saturated carbocycles. The third-order valence-corrected chi connectivity index (χ3v) is 5.91. The fourth-order valence-corrected chi connectivity index (χ4v) is 4.00. The summed E-state index contributed by atoms with van der Waals surface area (Å²) in [5.41, 5.74) is 1.03. The fraction of sp³-hybridized carbons (Fsp3) is 0.571. The molecule has 0 aliphatic heterocycles. The van der Waals surface area contributed by atoms with Crippen molar-refractivity contribution in [3.63, 3.8) is 0 Å². The third-order valence-electron chi connectivity index (χ3n) is 5.91. The molecule has 0 saturated heterocycles. The Morgan fingerprint density at radius 1 is 0.971 bits per heavy atom. The van der Waals surface area contributed by atoms with Crippen LogP contribution in [0, 0.1) is 5.92 Å². The van der Waals surface area contributed by atoms with Crippen LogP contribution in [-0.2, 0) is 22.6 Å². The zero-order chi connectivity index (χ0) is 25.6. The highest BCUT2D eigenvalue weighted by Crippen LogP contribution is 2.27. The molecule has 1 aromatic carbocycles. The van der Waals surface area contributed by atoms with Gasteiger partial charge in [0, 0.05) is 19.5 Å². The molecule has 7 heteroatoms. The normalized spacial score (nSPS) is 10.9. The van der Waals surface area contributed by atoms with E-state index in [1.165, 1.54) is 0 Å². The number of amides is 2. The van der Waals surface area contributed by atoms with Crippen LogP contribution in [0.2, 0.25) is 0 Å². The number of methoxy groups -OCH3 is 2. The van der Waals surface area contributed by atoms with Gasteiger partial charge in [0.15, 0.2) is 11.5 Å². The van der Waals surface area contributed by atoms with Gasteiger partial charge in [0.05, 0.1) is 33.6 Å². The maximum Gasteiger partial charge on any atom is 0.242 e. The van der Waals surface area contributed by atoms with E-state index in [9.17, 15) is 9.59 Å². The number of carbonyl (C=O) groups is 2. The number of rotatable bonds is 16. The van der Waals surface area contributed by atoms with Gasteiger partial charge in [-0.15, -0.1) is 0 Å². The largest absolute Gasteiger partial charge is 0.493 e. The number of ether oxygens (including phenoxy) is 2. The summed E-state index contributed by atoms with van der Waals surface area (Å²) < 4.78 is 16.3. The Morgan fingerprint density at radius 2 is 1.74 bits per heavy atom. The molecule has 0 atom stereocenters. The molecular formula is C28H42N2O5. The van der Waals surface area contributed by atoms with E-state index in [1.807, 2.05) is 30.3 Å². The summed E-state index contributed by atoms with van der Waals surface area (Å²) in [6.45, 7) is 7.80. The van der Waals surface area contributed by atoms with Crippen molar-refractivity contribution < 1.29 is 23.5 Å². The Labute approximate surface area is 210 Å². The van der Waals surface area contributed by atoms with Crippen LogP contribution in [0.4, 0.5) is 0 Å². The van der Waals surface area contributed by atoms with Gasteiger partial charge in [0.25, 0.3) is 0 Å². The highest BCUT2D eigenvalue weighted by atomic mass is 16.5. The van der Waals surface area contributed by atoms with E-state index < -0.39 is 0 Å². The second-order valence-electron chi connectivity index (χ2n) is 9.31. The first kappa shape index (κ1) is 28.3. The Kier molecular flexibility index (Phi) is 12.2. The molecule has 7 nitrogen and oxygen atoms in total. The standard InChI is InChI=1S/C28H42N2O5/c1-6-7-8-9-12-27(31)30(19-22(2)3)21-28(32)29(20-24-11-10-17-35-24)16-15-23-13-14-25(33-4)26(18-23)34-5/h10-11,13-14,17-18,22H,6-9,12,15-16,19-21H2,1-5H3. The number of nitrogens with zero attached hydrogens (tertiary/aromatic N) is 2. The van der Waals surface area contributed by atoms with Crippen LogP contribution in [-0.4, -0.2) is 55.5 Å². The lowest BCUT2D eigenvalue weighted by Gasteiger charge is -2.28. The first-order valence-corrected chi connectivity index (χ1v) is 12.7. The van der Waals surface area contributed by atoms with Crippen molar-refractivity contribution in [2.75, 3.05) is 33.9 Å². The number of unbranched alkanes of at least 4 members (excludes halogenated alkanes) is 3. The van der Waals surface area contributed by atoms with E-state index in [4.69, 9.17) is 13.9 Å². The van der Waals surface area contributed by atoms with Gasteiger partial charge < -0.3 is 23.7 Å². The van der Waals surface area contributed by atoms with Crippen LogP contribution in [0.15, 0.2) is 41.0 Å². The van der Waals surface area contributed by atoms with Gasteiger partial charge >= 0.3 is 0 Å². The van der Waals surface area contributed by atoms with Crippen molar-refractivity contribution in [1.29, 1.82) is 0 Å². The minimum absolute atomic E-state index is 0.0565. The second-order valence-corrected chi connectivity index (χ2v) is 9.31. The Balaban J connectivity index is 2.10. The van der Waals surface area contributed by atoms with Crippen LogP contribution >= 0.6 is 0 Å². The molecule has 2 aromatic rings. The molecule has 1 aromatic heterocycles. The summed E-state index contributed by atoms with van der Waals surface area (Å²) in [7, 11) is 3.21. The van der Waals surface area contributed by atoms with Crippen molar-refractivity contribution in [1.82, 2.24) is 9.80 Å². The third kappa shape index (κ3) is 9.67. The molecule has 194 valence electrons. The summed E-state index contributed by atoms with van der Waals surface area (Å²) >= 11 is 0. The van der Waals surface area contributed by atoms with Gasteiger partial charge in [-0.2, -0.15) is 0 Å². The number of carbonyl (C=O) groups excluding carboxylic acids is 2. The summed E-state index contributed by atoms with van der Waals surface area (Å²) in [6, 6.07) is 9.45. The number of benzene rings is 1. The van der Waals surface area contributed by atoms with Gasteiger partial charge in [-0.3, -0.25) is 9.59 Å². The van der Waals surface area contributed by atoms with Gasteiger partial charge in [-0.25, -0.2) is 0 Å². The van der Waals surface area contributed by atoms with Crippen molar-refractivity contribution in [3.8, 4) is 11.5 Å².